The van der Waals surface area contributed by atoms with Gasteiger partial charge in [0, 0.05) is 33.0 Å². The zero-order valence-electron chi connectivity index (χ0n) is 26.5. The SMILES string of the molecule is Cc1ccc(N2C(=O)C3CC=C4C(CC5C(=O)C(c6ccccc6)=CC(=O)C5(c5ccccc5)C4c4cc(Cl)ccc4O)C3C2=O)cc1Cl. The zero-order valence-corrected chi connectivity index (χ0v) is 28.0. The molecular formula is C41H31Cl2NO5. The Morgan fingerprint density at radius 2 is 1.53 bits per heavy atom. The molecule has 1 saturated heterocycles. The molecule has 8 rings (SSSR count). The number of anilines is 1. The van der Waals surface area contributed by atoms with E-state index in [-0.39, 0.29) is 42.0 Å². The van der Waals surface area contributed by atoms with Crippen molar-refractivity contribution in [1.82, 2.24) is 0 Å². The number of phenols is 1. The van der Waals surface area contributed by atoms with Gasteiger partial charge in [-0.15, -0.1) is 0 Å². The highest BCUT2D eigenvalue weighted by Gasteiger charge is 2.66. The molecule has 244 valence electrons. The number of hydrogen-bond acceptors (Lipinski definition) is 5. The Hall–Kier alpha value is -4.78. The third-order valence-electron chi connectivity index (χ3n) is 11.1. The van der Waals surface area contributed by atoms with E-state index >= 15 is 4.79 Å². The summed E-state index contributed by atoms with van der Waals surface area (Å²) in [5, 5.41) is 12.3. The molecule has 6 atom stereocenters. The van der Waals surface area contributed by atoms with Gasteiger partial charge in [0.1, 0.15) is 5.75 Å². The van der Waals surface area contributed by atoms with Gasteiger partial charge in [-0.1, -0.05) is 102 Å². The van der Waals surface area contributed by atoms with Crippen LogP contribution in [0.3, 0.4) is 0 Å². The van der Waals surface area contributed by atoms with Gasteiger partial charge in [0.2, 0.25) is 11.8 Å². The minimum atomic E-state index is -1.45. The molecule has 6 unspecified atom stereocenters. The predicted octanol–water partition coefficient (Wildman–Crippen LogP) is 8.04. The number of aryl methyl sites for hydroxylation is 1. The van der Waals surface area contributed by atoms with Gasteiger partial charge in [0.25, 0.3) is 0 Å². The number of benzene rings is 4. The topological polar surface area (TPSA) is 91.8 Å². The normalized spacial score (nSPS) is 27.7. The maximum atomic E-state index is 15.1. The summed E-state index contributed by atoms with van der Waals surface area (Å²) in [7, 11) is 0. The molecule has 1 N–H and O–H groups in total. The van der Waals surface area contributed by atoms with Crippen molar-refractivity contribution in [3.05, 3.63) is 147 Å². The Balaban J connectivity index is 1.36. The summed E-state index contributed by atoms with van der Waals surface area (Å²) in [6.45, 7) is 1.85. The third kappa shape index (κ3) is 4.61. The smallest absolute Gasteiger partial charge is 0.238 e. The number of halogens is 2. The fraction of sp³-hybridized carbons (Fsp3) is 0.220. The number of amides is 2. The Bertz CT molecular complexity index is 2140. The van der Waals surface area contributed by atoms with Gasteiger partial charge in [-0.25, -0.2) is 4.90 Å². The Labute approximate surface area is 293 Å². The van der Waals surface area contributed by atoms with Crippen molar-refractivity contribution in [3.63, 3.8) is 0 Å². The fourth-order valence-electron chi connectivity index (χ4n) is 8.95. The lowest BCUT2D eigenvalue weighted by molar-refractivity contribution is -0.135. The first-order valence-corrected chi connectivity index (χ1v) is 17.1. The molecular weight excluding hydrogens is 657 g/mol. The van der Waals surface area contributed by atoms with Gasteiger partial charge in [0.15, 0.2) is 11.6 Å². The van der Waals surface area contributed by atoms with E-state index in [1.165, 1.54) is 17.0 Å². The first kappa shape index (κ1) is 31.5. The molecule has 1 heterocycles. The van der Waals surface area contributed by atoms with Crippen molar-refractivity contribution in [1.29, 1.82) is 0 Å². The lowest BCUT2D eigenvalue weighted by atomic mass is 9.44. The number of aromatic hydroxyl groups is 1. The molecule has 0 bridgehead atoms. The molecule has 4 aromatic rings. The van der Waals surface area contributed by atoms with Crippen LogP contribution in [0.1, 0.15) is 41.0 Å². The van der Waals surface area contributed by atoms with E-state index in [9.17, 15) is 19.5 Å². The molecule has 2 amide bonds. The number of hydrogen-bond donors (Lipinski definition) is 1. The molecule has 4 aliphatic rings. The van der Waals surface area contributed by atoms with Gasteiger partial charge in [-0.2, -0.15) is 0 Å². The van der Waals surface area contributed by atoms with Crippen LogP contribution in [0.2, 0.25) is 10.0 Å². The highest BCUT2D eigenvalue weighted by atomic mass is 35.5. The van der Waals surface area contributed by atoms with E-state index in [1.54, 1.807) is 42.5 Å². The number of carbonyl (C=O) groups excluding carboxylic acids is 4. The number of carbonyl (C=O) groups is 4. The van der Waals surface area contributed by atoms with Crippen LogP contribution >= 0.6 is 23.2 Å². The van der Waals surface area contributed by atoms with Crippen LogP contribution in [-0.2, 0) is 24.6 Å². The highest BCUT2D eigenvalue weighted by molar-refractivity contribution is 6.33. The Kier molecular flexibility index (Phi) is 7.50. The largest absolute Gasteiger partial charge is 0.508 e. The molecule has 0 radical (unpaired) electrons. The number of imide groups is 1. The summed E-state index contributed by atoms with van der Waals surface area (Å²) in [4.78, 5) is 59.8. The van der Waals surface area contributed by atoms with E-state index in [1.807, 2.05) is 61.5 Å². The van der Waals surface area contributed by atoms with Crippen molar-refractivity contribution in [2.45, 2.75) is 31.1 Å². The Morgan fingerprint density at radius 1 is 0.816 bits per heavy atom. The quantitative estimate of drug-likeness (QED) is 0.173. The summed E-state index contributed by atoms with van der Waals surface area (Å²) < 4.78 is 0. The van der Waals surface area contributed by atoms with Crippen LogP contribution in [-0.4, -0.2) is 28.5 Å². The van der Waals surface area contributed by atoms with Crippen molar-refractivity contribution in [2.75, 3.05) is 4.90 Å². The second-order valence-corrected chi connectivity index (χ2v) is 14.3. The number of ketones is 2. The summed E-state index contributed by atoms with van der Waals surface area (Å²) in [6.07, 6.45) is 3.84. The highest BCUT2D eigenvalue weighted by Crippen LogP contribution is 2.64. The summed E-state index contributed by atoms with van der Waals surface area (Å²) in [5.74, 6) is -5.01. The minimum Gasteiger partial charge on any atom is -0.508 e. The Morgan fingerprint density at radius 3 is 2.24 bits per heavy atom. The van der Waals surface area contributed by atoms with Crippen LogP contribution in [0, 0.1) is 30.6 Å². The van der Waals surface area contributed by atoms with E-state index in [2.05, 4.69) is 0 Å². The van der Waals surface area contributed by atoms with E-state index in [0.29, 0.717) is 38.0 Å². The van der Waals surface area contributed by atoms with E-state index in [0.717, 1.165) is 11.1 Å². The maximum Gasteiger partial charge on any atom is 0.238 e. The van der Waals surface area contributed by atoms with Crippen LogP contribution in [0.5, 0.6) is 5.75 Å². The lowest BCUT2D eigenvalue weighted by Gasteiger charge is -2.55. The average Bonchev–Trinajstić information content (AvgIpc) is 3.37. The number of rotatable bonds is 4. The number of nitrogens with zero attached hydrogens (tertiary/aromatic N) is 1. The second kappa shape index (κ2) is 11.7. The molecule has 8 heteroatoms. The molecule has 1 saturated carbocycles. The number of Topliss-reactive ketones (excluding diaryl/α,β-unsaturated/α-hetero) is 1. The minimum absolute atomic E-state index is 0.0741. The first-order chi connectivity index (χ1) is 23.6. The summed E-state index contributed by atoms with van der Waals surface area (Å²) in [5.41, 5.74) is 2.48. The molecule has 0 spiro atoms. The molecule has 6 nitrogen and oxygen atoms in total. The maximum absolute atomic E-state index is 15.1. The van der Waals surface area contributed by atoms with Gasteiger partial charge >= 0.3 is 0 Å². The average molecular weight is 689 g/mol. The lowest BCUT2D eigenvalue weighted by Crippen LogP contribution is -2.58. The molecule has 49 heavy (non-hydrogen) atoms. The zero-order chi connectivity index (χ0) is 34.2. The first-order valence-electron chi connectivity index (χ1n) is 16.4. The molecule has 1 aliphatic heterocycles. The number of fused-ring (bicyclic) bond motifs is 4. The predicted molar refractivity (Wildman–Crippen MR) is 188 cm³/mol. The van der Waals surface area contributed by atoms with Crippen molar-refractivity contribution < 1.29 is 24.3 Å². The van der Waals surface area contributed by atoms with E-state index < -0.39 is 35.0 Å². The number of allylic oxidation sites excluding steroid dienone is 4. The second-order valence-electron chi connectivity index (χ2n) is 13.4. The van der Waals surface area contributed by atoms with Gasteiger partial charge in [0.05, 0.1) is 22.9 Å². The standard InChI is InChI=1S/C41H31Cl2NO5/c1-22-12-14-26(19-33(22)43)44-39(48)28-16-15-27-30(36(28)40(44)49)20-32-38(47)29(23-8-4-2-5-9-23)21-35(46)41(32,24-10-6-3-7-11-24)37(27)31-18-25(42)13-17-34(31)45/h2-15,17-19,21,28,30,32,36-37,45H,16,20H2,1H3. The van der Waals surface area contributed by atoms with Crippen LogP contribution in [0.15, 0.2) is 115 Å². The summed E-state index contributed by atoms with van der Waals surface area (Å²) >= 11 is 13.0. The van der Waals surface area contributed by atoms with Gasteiger partial charge in [-0.05, 0) is 78.8 Å². The van der Waals surface area contributed by atoms with Crippen molar-refractivity contribution >= 4 is 57.8 Å². The fourth-order valence-corrected chi connectivity index (χ4v) is 9.31. The molecule has 0 aromatic heterocycles. The summed E-state index contributed by atoms with van der Waals surface area (Å²) in [6, 6.07) is 28.2. The van der Waals surface area contributed by atoms with Crippen molar-refractivity contribution in [2.24, 2.45) is 23.7 Å². The van der Waals surface area contributed by atoms with Crippen LogP contribution in [0.4, 0.5) is 5.69 Å². The van der Waals surface area contributed by atoms with E-state index in [4.69, 9.17) is 23.2 Å². The van der Waals surface area contributed by atoms with Gasteiger partial charge in [-0.3, -0.25) is 19.2 Å². The molecule has 2 fully saturated rings. The van der Waals surface area contributed by atoms with Gasteiger partial charge < -0.3 is 5.11 Å². The molecule has 3 aliphatic carbocycles. The molecule has 4 aromatic carbocycles. The number of phenolic OH excluding ortho intramolecular Hbond substituents is 1. The van der Waals surface area contributed by atoms with Crippen LogP contribution < -0.4 is 4.90 Å². The monoisotopic (exact) mass is 687 g/mol. The third-order valence-corrected chi connectivity index (χ3v) is 11.7. The van der Waals surface area contributed by atoms with Crippen molar-refractivity contribution in [3.8, 4) is 5.75 Å². The van der Waals surface area contributed by atoms with Crippen LogP contribution in [0.25, 0.3) is 5.57 Å².